The third kappa shape index (κ3) is 3.34. The number of esters is 3. The first-order valence-electron chi connectivity index (χ1n) is 11.4. The van der Waals surface area contributed by atoms with Gasteiger partial charge in [0.05, 0.1) is 11.5 Å². The monoisotopic (exact) mass is 480 g/mol. The smallest absolute Gasteiger partial charge is 0.342 e. The zero-order valence-electron chi connectivity index (χ0n) is 20.0. The summed E-state index contributed by atoms with van der Waals surface area (Å²) in [6, 6.07) is 0. The summed E-state index contributed by atoms with van der Waals surface area (Å²) < 4.78 is 23.0. The Morgan fingerprint density at radius 1 is 1.18 bits per heavy atom. The zero-order valence-corrected chi connectivity index (χ0v) is 20.0. The molecule has 1 saturated carbocycles. The third-order valence-corrected chi connectivity index (χ3v) is 8.16. The van der Waals surface area contributed by atoms with Gasteiger partial charge < -0.3 is 24.1 Å². The van der Waals surface area contributed by atoms with E-state index in [4.69, 9.17) is 18.9 Å². The molecule has 2 aliphatic heterocycles. The van der Waals surface area contributed by atoms with Crippen LogP contribution in [0.4, 0.5) is 0 Å². The highest BCUT2D eigenvalue weighted by Gasteiger charge is 2.86. The Morgan fingerprint density at radius 2 is 1.79 bits per heavy atom. The average molecular weight is 481 g/mol. The van der Waals surface area contributed by atoms with Gasteiger partial charge in [-0.1, -0.05) is 19.1 Å². The maximum Gasteiger partial charge on any atom is 0.342 e. The summed E-state index contributed by atoms with van der Waals surface area (Å²) in [5.41, 5.74) is -2.85. The summed E-state index contributed by atoms with van der Waals surface area (Å²) in [5.74, 6) is -2.67. The number of aliphatic hydroxyl groups is 1. The molecule has 0 unspecified atom stereocenters. The van der Waals surface area contributed by atoms with Crippen LogP contribution in [-0.4, -0.2) is 70.0 Å². The Labute approximate surface area is 197 Å². The van der Waals surface area contributed by atoms with Crippen LogP contribution in [0.25, 0.3) is 0 Å². The number of epoxide rings is 1. The number of rotatable bonds is 3. The maximum absolute atomic E-state index is 12.7. The molecule has 0 aromatic carbocycles. The highest BCUT2D eigenvalue weighted by Crippen LogP contribution is 2.64. The second-order valence-electron chi connectivity index (χ2n) is 10.2. The van der Waals surface area contributed by atoms with Crippen molar-refractivity contribution in [2.75, 3.05) is 0 Å². The summed E-state index contributed by atoms with van der Waals surface area (Å²) >= 11 is 0. The highest BCUT2D eigenvalue weighted by molar-refractivity contribution is 5.89. The lowest BCUT2D eigenvalue weighted by Crippen LogP contribution is -2.63. The summed E-state index contributed by atoms with van der Waals surface area (Å²) in [6.45, 7) is 11.8. The molecule has 0 amide bonds. The minimum absolute atomic E-state index is 0.0329. The van der Waals surface area contributed by atoms with Crippen molar-refractivity contribution >= 4 is 17.9 Å². The topological polar surface area (TPSA) is 141 Å². The molecule has 0 radical (unpaired) electrons. The first-order chi connectivity index (χ1) is 15.8. The largest absolute Gasteiger partial charge is 0.462 e. The molecular formula is C24H32O10. The molecular weight excluding hydrogens is 448 g/mol. The van der Waals surface area contributed by atoms with Gasteiger partial charge in [0.15, 0.2) is 17.3 Å². The molecule has 10 nitrogen and oxygen atoms in total. The van der Waals surface area contributed by atoms with Crippen molar-refractivity contribution < 1.29 is 48.6 Å². The highest BCUT2D eigenvalue weighted by atomic mass is 17.1. The van der Waals surface area contributed by atoms with Crippen LogP contribution in [-0.2, 0) is 38.2 Å². The first-order valence-corrected chi connectivity index (χ1v) is 11.4. The van der Waals surface area contributed by atoms with E-state index in [1.807, 2.05) is 6.92 Å². The molecule has 0 bridgehead atoms. The van der Waals surface area contributed by atoms with Gasteiger partial charge >= 0.3 is 17.9 Å². The molecule has 10 heteroatoms. The SMILES string of the molecule is C=C1[C@@H](OO)C[C@H](OC(C)=O)[C@]2(C)[C@@H](OC(C)=O)CC/C(C)=C\[C@@H]3OC(=O)[C@@]4(C)O[C@]34[C@@H](O)[C@@H]12. The van der Waals surface area contributed by atoms with E-state index in [0.29, 0.717) is 18.4 Å². The molecule has 1 spiro atoms. The van der Waals surface area contributed by atoms with Gasteiger partial charge in [-0.15, -0.1) is 0 Å². The predicted octanol–water partition coefficient (Wildman–Crippen LogP) is 1.84. The van der Waals surface area contributed by atoms with E-state index in [0.717, 1.165) is 5.57 Å². The third-order valence-electron chi connectivity index (χ3n) is 8.16. The number of carbonyl (C=O) groups excluding carboxylic acids is 3. The average Bonchev–Trinajstić information content (AvgIpc) is 3.33. The van der Waals surface area contributed by atoms with Crippen LogP contribution in [0.2, 0.25) is 0 Å². The van der Waals surface area contributed by atoms with Gasteiger partial charge in [0.2, 0.25) is 0 Å². The van der Waals surface area contributed by atoms with Crippen molar-refractivity contribution in [2.24, 2.45) is 11.3 Å². The van der Waals surface area contributed by atoms with E-state index in [1.54, 1.807) is 19.9 Å². The minimum atomic E-state index is -1.43. The number of ether oxygens (including phenoxy) is 4. The van der Waals surface area contributed by atoms with Gasteiger partial charge in [0.1, 0.15) is 18.3 Å². The predicted molar refractivity (Wildman–Crippen MR) is 115 cm³/mol. The van der Waals surface area contributed by atoms with E-state index in [-0.39, 0.29) is 6.42 Å². The molecule has 0 aromatic rings. The molecule has 2 heterocycles. The molecule has 3 fully saturated rings. The molecule has 2 N–H and O–H groups in total. The van der Waals surface area contributed by atoms with E-state index in [9.17, 15) is 24.7 Å². The van der Waals surface area contributed by atoms with Crippen LogP contribution in [0.5, 0.6) is 0 Å². The van der Waals surface area contributed by atoms with Crippen LogP contribution < -0.4 is 0 Å². The van der Waals surface area contributed by atoms with Crippen LogP contribution in [0, 0.1) is 11.3 Å². The summed E-state index contributed by atoms with van der Waals surface area (Å²) in [5, 5.41) is 21.6. The van der Waals surface area contributed by atoms with E-state index < -0.39 is 71.0 Å². The van der Waals surface area contributed by atoms with Crippen molar-refractivity contribution in [3.05, 3.63) is 23.8 Å². The first kappa shape index (κ1) is 24.8. The summed E-state index contributed by atoms with van der Waals surface area (Å²) in [6.07, 6.45) is -2.34. The Morgan fingerprint density at radius 3 is 2.35 bits per heavy atom. The number of aliphatic hydroxyl groups excluding tert-OH is 1. The minimum Gasteiger partial charge on any atom is -0.462 e. The Bertz CT molecular complexity index is 957. The van der Waals surface area contributed by atoms with Crippen molar-refractivity contribution in [3.63, 3.8) is 0 Å². The van der Waals surface area contributed by atoms with Crippen molar-refractivity contribution in [1.29, 1.82) is 0 Å². The number of allylic oxidation sites excluding steroid dienone is 1. The van der Waals surface area contributed by atoms with Gasteiger partial charge in [-0.3, -0.25) is 14.8 Å². The van der Waals surface area contributed by atoms with Crippen molar-refractivity contribution in [3.8, 4) is 0 Å². The van der Waals surface area contributed by atoms with Gasteiger partial charge in [0, 0.05) is 26.2 Å². The van der Waals surface area contributed by atoms with E-state index in [1.165, 1.54) is 13.8 Å². The Balaban J connectivity index is 1.93. The lowest BCUT2D eigenvalue weighted by atomic mass is 9.55. The Hall–Kier alpha value is -2.27. The van der Waals surface area contributed by atoms with Crippen LogP contribution in [0.1, 0.15) is 53.9 Å². The standard InChI is InChI=1S/C24H32O10/c1-11-7-8-16(30-13(3)25)22(5)17(31-14(4)26)10-15(33-29)12(2)19(22)20(27)24-18(9-11)32-21(28)23(24,6)34-24/h9,15-20,27,29H,2,7-8,10H2,1,3-6H3/b11-9-/t15-,16-,17-,18-,19+,20-,22-,23+,24-/m0/s1. The molecule has 4 rings (SSSR count). The lowest BCUT2D eigenvalue weighted by molar-refractivity contribution is -0.292. The van der Waals surface area contributed by atoms with Gasteiger partial charge in [-0.25, -0.2) is 9.68 Å². The van der Waals surface area contributed by atoms with E-state index in [2.05, 4.69) is 11.5 Å². The molecule has 2 saturated heterocycles. The fourth-order valence-corrected chi connectivity index (χ4v) is 6.31. The lowest BCUT2D eigenvalue weighted by Gasteiger charge is -2.54. The molecule has 188 valence electrons. The van der Waals surface area contributed by atoms with Gasteiger partial charge in [-0.05, 0) is 38.3 Å². The number of fused-ring (bicyclic) bond motifs is 1. The van der Waals surface area contributed by atoms with E-state index >= 15 is 0 Å². The fourth-order valence-electron chi connectivity index (χ4n) is 6.31. The normalized spacial score (nSPS) is 47.2. The molecule has 9 atom stereocenters. The number of hydrogen-bond acceptors (Lipinski definition) is 10. The Kier molecular flexibility index (Phi) is 5.95. The van der Waals surface area contributed by atoms with Crippen LogP contribution in [0.15, 0.2) is 23.8 Å². The number of carbonyl (C=O) groups is 3. The van der Waals surface area contributed by atoms with Crippen LogP contribution in [0.3, 0.4) is 0 Å². The molecule has 2 aliphatic carbocycles. The second kappa shape index (κ2) is 8.15. The fraction of sp³-hybridized carbons (Fsp3) is 0.708. The van der Waals surface area contributed by atoms with Crippen molar-refractivity contribution in [2.45, 2.75) is 95.6 Å². The van der Waals surface area contributed by atoms with Crippen molar-refractivity contribution in [1.82, 2.24) is 0 Å². The zero-order chi connectivity index (χ0) is 25.2. The molecule has 34 heavy (non-hydrogen) atoms. The molecule has 0 aromatic heterocycles. The summed E-state index contributed by atoms with van der Waals surface area (Å²) in [7, 11) is 0. The van der Waals surface area contributed by atoms with Gasteiger partial charge in [-0.2, -0.15) is 0 Å². The summed E-state index contributed by atoms with van der Waals surface area (Å²) in [4.78, 5) is 41.6. The second-order valence-corrected chi connectivity index (χ2v) is 10.2. The quantitative estimate of drug-likeness (QED) is 0.153. The van der Waals surface area contributed by atoms with Gasteiger partial charge in [0.25, 0.3) is 0 Å². The van der Waals surface area contributed by atoms with Crippen LogP contribution >= 0.6 is 0 Å². The number of hydrogen-bond donors (Lipinski definition) is 2. The molecule has 4 aliphatic rings. The maximum atomic E-state index is 12.7.